The average Bonchev–Trinajstić information content (AvgIpc) is 2.37. The number of thioether (sulfide) groups is 1. The zero-order valence-electron chi connectivity index (χ0n) is 12.0. The Morgan fingerprint density at radius 2 is 1.85 bits per heavy atom. The second-order valence-electron chi connectivity index (χ2n) is 4.89. The van der Waals surface area contributed by atoms with Crippen molar-refractivity contribution in [2.45, 2.75) is 38.1 Å². The standard InChI is InChI=1S/C15H22F3NS/c1-3-9-19-11-14(8-10-20-15(16,17)18)13-6-4-12(2)5-7-13/h4-7,14,19H,3,8-11H2,1-2H3. The van der Waals surface area contributed by atoms with E-state index < -0.39 is 5.51 Å². The van der Waals surface area contributed by atoms with Crippen molar-refractivity contribution in [2.24, 2.45) is 0 Å². The van der Waals surface area contributed by atoms with Crippen molar-refractivity contribution < 1.29 is 13.2 Å². The number of halogens is 3. The first-order valence-electron chi connectivity index (χ1n) is 6.90. The van der Waals surface area contributed by atoms with Crippen molar-refractivity contribution in [3.63, 3.8) is 0 Å². The van der Waals surface area contributed by atoms with Crippen LogP contribution in [0.3, 0.4) is 0 Å². The molecular formula is C15H22F3NS. The van der Waals surface area contributed by atoms with Gasteiger partial charge in [0, 0.05) is 12.3 Å². The van der Waals surface area contributed by atoms with Crippen LogP contribution in [0.4, 0.5) is 13.2 Å². The van der Waals surface area contributed by atoms with Crippen molar-refractivity contribution in [3.05, 3.63) is 35.4 Å². The molecular weight excluding hydrogens is 283 g/mol. The van der Waals surface area contributed by atoms with E-state index in [0.29, 0.717) is 6.42 Å². The van der Waals surface area contributed by atoms with Gasteiger partial charge in [-0.25, -0.2) is 0 Å². The number of hydrogen-bond donors (Lipinski definition) is 1. The van der Waals surface area contributed by atoms with Crippen LogP contribution in [0.25, 0.3) is 0 Å². The Morgan fingerprint density at radius 1 is 1.20 bits per heavy atom. The molecule has 0 amide bonds. The van der Waals surface area contributed by atoms with Gasteiger partial charge in [0.25, 0.3) is 0 Å². The van der Waals surface area contributed by atoms with Crippen LogP contribution in [0.5, 0.6) is 0 Å². The molecule has 1 nitrogen and oxygen atoms in total. The summed E-state index contributed by atoms with van der Waals surface area (Å²) < 4.78 is 36.6. The molecule has 0 radical (unpaired) electrons. The van der Waals surface area contributed by atoms with Crippen LogP contribution in [-0.2, 0) is 0 Å². The van der Waals surface area contributed by atoms with Crippen molar-refractivity contribution in [2.75, 3.05) is 18.8 Å². The smallest absolute Gasteiger partial charge is 0.316 e. The van der Waals surface area contributed by atoms with Crippen molar-refractivity contribution in [1.82, 2.24) is 5.32 Å². The van der Waals surface area contributed by atoms with Gasteiger partial charge in [-0.2, -0.15) is 13.2 Å². The maximum atomic E-state index is 12.2. The number of hydrogen-bond acceptors (Lipinski definition) is 2. The van der Waals surface area contributed by atoms with Gasteiger partial charge in [-0.15, -0.1) is 0 Å². The Labute approximate surface area is 123 Å². The maximum absolute atomic E-state index is 12.2. The van der Waals surface area contributed by atoms with E-state index >= 15 is 0 Å². The largest absolute Gasteiger partial charge is 0.441 e. The SMILES string of the molecule is CCCNCC(CCSC(F)(F)F)c1ccc(C)cc1. The molecule has 1 unspecified atom stereocenters. The lowest BCUT2D eigenvalue weighted by atomic mass is 9.95. The first-order valence-corrected chi connectivity index (χ1v) is 7.89. The normalized spacial score (nSPS) is 13.4. The summed E-state index contributed by atoms with van der Waals surface area (Å²) in [5.41, 5.74) is -1.85. The number of aryl methyl sites for hydroxylation is 1. The lowest BCUT2D eigenvalue weighted by Crippen LogP contribution is -2.23. The zero-order valence-corrected chi connectivity index (χ0v) is 12.8. The fourth-order valence-electron chi connectivity index (χ4n) is 2.00. The molecule has 1 atom stereocenters. The van der Waals surface area contributed by atoms with E-state index in [1.807, 2.05) is 31.2 Å². The molecule has 114 valence electrons. The Morgan fingerprint density at radius 3 is 2.40 bits per heavy atom. The number of rotatable bonds is 8. The third kappa shape index (κ3) is 7.20. The molecule has 0 aliphatic carbocycles. The van der Waals surface area contributed by atoms with Gasteiger partial charge in [0.1, 0.15) is 0 Å². The van der Waals surface area contributed by atoms with Gasteiger partial charge in [-0.1, -0.05) is 48.5 Å². The molecule has 0 aromatic heterocycles. The summed E-state index contributed by atoms with van der Waals surface area (Å²) in [4.78, 5) is 0. The predicted molar refractivity (Wildman–Crippen MR) is 80.2 cm³/mol. The summed E-state index contributed by atoms with van der Waals surface area (Å²) in [6.07, 6.45) is 1.56. The van der Waals surface area contributed by atoms with Crippen LogP contribution in [-0.4, -0.2) is 24.4 Å². The van der Waals surface area contributed by atoms with Crippen molar-refractivity contribution in [3.8, 4) is 0 Å². The van der Waals surface area contributed by atoms with E-state index in [9.17, 15) is 13.2 Å². The Balaban J connectivity index is 2.57. The zero-order chi connectivity index (χ0) is 15.0. The fourth-order valence-corrected chi connectivity index (χ4v) is 2.63. The van der Waals surface area contributed by atoms with Crippen LogP contribution in [0.15, 0.2) is 24.3 Å². The lowest BCUT2D eigenvalue weighted by Gasteiger charge is -2.18. The molecule has 1 aromatic carbocycles. The average molecular weight is 305 g/mol. The first kappa shape index (κ1) is 17.4. The molecule has 0 spiro atoms. The molecule has 0 saturated heterocycles. The quantitative estimate of drug-likeness (QED) is 0.697. The summed E-state index contributed by atoms with van der Waals surface area (Å²) in [5, 5.41) is 3.31. The predicted octanol–water partition coefficient (Wildman–Crippen LogP) is 4.72. The van der Waals surface area contributed by atoms with Gasteiger partial charge in [-0.3, -0.25) is 0 Å². The molecule has 1 aromatic rings. The van der Waals surface area contributed by atoms with Gasteiger partial charge >= 0.3 is 5.51 Å². The van der Waals surface area contributed by atoms with Gasteiger partial charge in [-0.05, 0) is 37.8 Å². The van der Waals surface area contributed by atoms with Crippen LogP contribution >= 0.6 is 11.8 Å². The Kier molecular flexibility index (Phi) is 7.45. The van der Waals surface area contributed by atoms with Gasteiger partial charge in [0.2, 0.25) is 0 Å². The minimum absolute atomic E-state index is 0.0712. The van der Waals surface area contributed by atoms with E-state index in [0.717, 1.165) is 25.1 Å². The molecule has 1 N–H and O–H groups in total. The fraction of sp³-hybridized carbons (Fsp3) is 0.600. The van der Waals surface area contributed by atoms with E-state index in [2.05, 4.69) is 12.2 Å². The summed E-state index contributed by atoms with van der Waals surface area (Å²) >= 11 is 0.0712. The molecule has 0 aliphatic rings. The Bertz CT molecular complexity index is 376. The van der Waals surface area contributed by atoms with Crippen molar-refractivity contribution >= 4 is 11.8 Å². The molecule has 5 heteroatoms. The monoisotopic (exact) mass is 305 g/mol. The molecule has 0 heterocycles. The second-order valence-corrected chi connectivity index (χ2v) is 6.05. The van der Waals surface area contributed by atoms with Gasteiger partial charge in [0.05, 0.1) is 0 Å². The third-order valence-electron chi connectivity index (χ3n) is 3.10. The number of nitrogens with one attached hydrogen (secondary N) is 1. The number of alkyl halides is 3. The topological polar surface area (TPSA) is 12.0 Å². The molecule has 0 fully saturated rings. The van der Waals surface area contributed by atoms with Crippen LogP contribution in [0, 0.1) is 6.92 Å². The van der Waals surface area contributed by atoms with E-state index in [1.54, 1.807) is 0 Å². The van der Waals surface area contributed by atoms with E-state index in [4.69, 9.17) is 0 Å². The first-order chi connectivity index (χ1) is 9.42. The molecule has 0 bridgehead atoms. The molecule has 0 saturated carbocycles. The maximum Gasteiger partial charge on any atom is 0.441 e. The van der Waals surface area contributed by atoms with Gasteiger partial charge < -0.3 is 5.32 Å². The summed E-state index contributed by atoms with van der Waals surface area (Å²) in [7, 11) is 0. The number of benzene rings is 1. The minimum atomic E-state index is -4.13. The highest BCUT2D eigenvalue weighted by Crippen LogP contribution is 2.32. The van der Waals surface area contributed by atoms with Gasteiger partial charge in [0.15, 0.2) is 0 Å². The van der Waals surface area contributed by atoms with Crippen LogP contribution in [0.2, 0.25) is 0 Å². The summed E-state index contributed by atoms with van der Waals surface area (Å²) in [6.45, 7) is 5.71. The third-order valence-corrected chi connectivity index (χ3v) is 3.87. The Hall–Kier alpha value is -0.680. The highest BCUT2D eigenvalue weighted by Gasteiger charge is 2.28. The molecule has 20 heavy (non-hydrogen) atoms. The molecule has 0 aliphatic heterocycles. The van der Waals surface area contributed by atoms with Crippen molar-refractivity contribution in [1.29, 1.82) is 0 Å². The second kappa shape index (κ2) is 8.57. The van der Waals surface area contributed by atoms with E-state index in [1.165, 1.54) is 5.56 Å². The summed E-state index contributed by atoms with van der Waals surface area (Å²) in [5.74, 6) is 0.243. The van der Waals surface area contributed by atoms with Crippen LogP contribution in [0.1, 0.15) is 36.8 Å². The lowest BCUT2D eigenvalue weighted by molar-refractivity contribution is -0.0328. The van der Waals surface area contributed by atoms with E-state index in [-0.39, 0.29) is 23.4 Å². The minimum Gasteiger partial charge on any atom is -0.316 e. The highest BCUT2D eigenvalue weighted by atomic mass is 32.2. The summed E-state index contributed by atoms with van der Waals surface area (Å²) in [6, 6.07) is 8.07. The molecule has 1 rings (SSSR count). The van der Waals surface area contributed by atoms with Crippen LogP contribution < -0.4 is 5.32 Å². The highest BCUT2D eigenvalue weighted by molar-refractivity contribution is 8.00.